The minimum atomic E-state index is -0.702. The minimum absolute atomic E-state index is 0.188. The van der Waals surface area contributed by atoms with Crippen LogP contribution in [0, 0.1) is 12.3 Å². The normalized spacial score (nSPS) is 13.0. The molecule has 1 N–H and O–H groups in total. The molecule has 2 aromatic rings. The molecule has 1 heterocycles. The highest BCUT2D eigenvalue weighted by Gasteiger charge is 2.24. The zero-order valence-corrected chi connectivity index (χ0v) is 12.8. The lowest BCUT2D eigenvalue weighted by Crippen LogP contribution is -2.44. The molecule has 22 heavy (non-hydrogen) atoms. The summed E-state index contributed by atoms with van der Waals surface area (Å²) < 4.78 is 10.4. The highest BCUT2D eigenvalue weighted by Crippen LogP contribution is 2.24. The molecular weight excluding hydrogens is 280 g/mol. The van der Waals surface area contributed by atoms with E-state index in [9.17, 15) is 4.79 Å². The Morgan fingerprint density at radius 2 is 2.27 bits per heavy atom. The van der Waals surface area contributed by atoms with Crippen molar-refractivity contribution >= 4 is 5.91 Å². The second kappa shape index (κ2) is 6.35. The second-order valence-electron chi connectivity index (χ2n) is 5.09. The largest absolute Gasteiger partial charge is 0.497 e. The van der Waals surface area contributed by atoms with Gasteiger partial charge in [0, 0.05) is 11.6 Å². The fraction of sp³-hybridized carbons (Fsp3) is 0.294. The maximum absolute atomic E-state index is 12.2. The Hall–Kier alpha value is -2.74. The maximum Gasteiger partial charge on any atom is 0.274 e. The second-order valence-corrected chi connectivity index (χ2v) is 5.09. The monoisotopic (exact) mass is 298 g/mol. The molecule has 0 spiro atoms. The molecule has 0 saturated heterocycles. The van der Waals surface area contributed by atoms with Crippen molar-refractivity contribution in [1.82, 2.24) is 10.5 Å². The van der Waals surface area contributed by atoms with Crippen LogP contribution in [0.1, 0.15) is 30.8 Å². The van der Waals surface area contributed by atoms with Crippen LogP contribution in [0.3, 0.4) is 0 Å². The first kappa shape index (κ1) is 15.6. The number of carbonyl (C=O) groups excluding carboxylic acids is 1. The number of hydrogen-bond donors (Lipinski definition) is 1. The predicted molar refractivity (Wildman–Crippen MR) is 83.5 cm³/mol. The first-order chi connectivity index (χ1) is 10.5. The van der Waals surface area contributed by atoms with Crippen LogP contribution >= 0.6 is 0 Å². The minimum Gasteiger partial charge on any atom is -0.497 e. The van der Waals surface area contributed by atoms with Crippen LogP contribution in [-0.4, -0.2) is 23.7 Å². The van der Waals surface area contributed by atoms with Gasteiger partial charge in [0.25, 0.3) is 5.91 Å². The Morgan fingerprint density at radius 3 is 2.91 bits per heavy atom. The number of carbonyl (C=O) groups is 1. The van der Waals surface area contributed by atoms with Crippen molar-refractivity contribution in [3.63, 3.8) is 0 Å². The van der Waals surface area contributed by atoms with Gasteiger partial charge in [-0.25, -0.2) is 0 Å². The summed E-state index contributed by atoms with van der Waals surface area (Å²) >= 11 is 0. The molecule has 5 heteroatoms. The third-order valence-corrected chi connectivity index (χ3v) is 3.51. The number of amides is 1. The van der Waals surface area contributed by atoms with Crippen molar-refractivity contribution in [3.8, 4) is 29.4 Å². The van der Waals surface area contributed by atoms with Crippen LogP contribution in [-0.2, 0) is 0 Å². The quantitative estimate of drug-likeness (QED) is 0.862. The van der Waals surface area contributed by atoms with Crippen LogP contribution in [0.15, 0.2) is 34.9 Å². The maximum atomic E-state index is 12.2. The van der Waals surface area contributed by atoms with Gasteiger partial charge in [0.05, 0.1) is 12.6 Å². The van der Waals surface area contributed by atoms with Gasteiger partial charge in [-0.15, -0.1) is 6.42 Å². The molecule has 0 unspecified atom stereocenters. The molecule has 0 aliphatic carbocycles. The highest BCUT2D eigenvalue weighted by molar-refractivity contribution is 5.93. The number of hydrogen-bond acceptors (Lipinski definition) is 4. The molecule has 0 aliphatic rings. The van der Waals surface area contributed by atoms with Gasteiger partial charge in [0.15, 0.2) is 11.5 Å². The summed E-state index contributed by atoms with van der Waals surface area (Å²) in [5.74, 6) is 3.40. The average Bonchev–Trinajstić information content (AvgIpc) is 3.05. The third kappa shape index (κ3) is 3.29. The van der Waals surface area contributed by atoms with Crippen molar-refractivity contribution in [2.45, 2.75) is 25.8 Å². The summed E-state index contributed by atoms with van der Waals surface area (Å²) in [5.41, 5.74) is 0.264. The van der Waals surface area contributed by atoms with E-state index < -0.39 is 5.54 Å². The number of ether oxygens (including phenoxy) is 1. The highest BCUT2D eigenvalue weighted by atomic mass is 16.5. The molecule has 0 bridgehead atoms. The van der Waals surface area contributed by atoms with E-state index in [1.165, 1.54) is 0 Å². The summed E-state index contributed by atoms with van der Waals surface area (Å²) in [5, 5.41) is 6.58. The van der Waals surface area contributed by atoms with Gasteiger partial charge in [-0.05, 0) is 25.5 Å². The van der Waals surface area contributed by atoms with Gasteiger partial charge in [-0.3, -0.25) is 4.79 Å². The van der Waals surface area contributed by atoms with Crippen LogP contribution < -0.4 is 10.1 Å². The zero-order valence-electron chi connectivity index (χ0n) is 12.8. The molecule has 5 nitrogen and oxygen atoms in total. The number of aromatic nitrogens is 1. The molecule has 0 aliphatic heterocycles. The van der Waals surface area contributed by atoms with E-state index in [4.69, 9.17) is 15.7 Å². The van der Waals surface area contributed by atoms with E-state index >= 15 is 0 Å². The first-order valence-electron chi connectivity index (χ1n) is 6.92. The molecule has 114 valence electrons. The number of nitrogens with zero attached hydrogens (tertiary/aromatic N) is 1. The smallest absolute Gasteiger partial charge is 0.274 e. The first-order valence-corrected chi connectivity index (χ1v) is 6.92. The standard InChI is InChI=1S/C17H18N2O3/c1-5-17(3,6-2)18-16(20)14-11-15(22-19-14)12-8-7-9-13(10-12)21-4/h1,7-11H,6H2,2-4H3,(H,18,20)/t17-/m0/s1. The Bertz CT molecular complexity index is 715. The van der Waals surface area contributed by atoms with Crippen molar-refractivity contribution in [2.24, 2.45) is 0 Å². The predicted octanol–water partition coefficient (Wildman–Crippen LogP) is 2.88. The number of rotatable bonds is 5. The van der Waals surface area contributed by atoms with E-state index in [0.29, 0.717) is 17.9 Å². The third-order valence-electron chi connectivity index (χ3n) is 3.51. The summed E-state index contributed by atoms with van der Waals surface area (Å²) in [6, 6.07) is 8.90. The Labute approximate surface area is 129 Å². The molecular formula is C17H18N2O3. The molecule has 1 atom stereocenters. The molecule has 2 rings (SSSR count). The fourth-order valence-electron chi connectivity index (χ4n) is 1.84. The summed E-state index contributed by atoms with van der Waals surface area (Å²) in [4.78, 5) is 12.2. The summed E-state index contributed by atoms with van der Waals surface area (Å²) in [7, 11) is 1.59. The molecule has 1 aromatic carbocycles. The van der Waals surface area contributed by atoms with E-state index in [1.807, 2.05) is 25.1 Å². The van der Waals surface area contributed by atoms with E-state index in [-0.39, 0.29) is 11.6 Å². The summed E-state index contributed by atoms with van der Waals surface area (Å²) in [6.07, 6.45) is 6.07. The van der Waals surface area contributed by atoms with Gasteiger partial charge in [-0.1, -0.05) is 30.1 Å². The number of terminal acetylenes is 1. The Kier molecular flexibility index (Phi) is 4.52. The van der Waals surface area contributed by atoms with Crippen LogP contribution in [0.5, 0.6) is 5.75 Å². The van der Waals surface area contributed by atoms with Gasteiger partial charge in [-0.2, -0.15) is 0 Å². The SMILES string of the molecule is C#C[C@@](C)(CC)NC(=O)c1cc(-c2cccc(OC)c2)on1. The van der Waals surface area contributed by atoms with E-state index in [0.717, 1.165) is 5.56 Å². The van der Waals surface area contributed by atoms with Gasteiger partial charge in [0.2, 0.25) is 0 Å². The number of methoxy groups -OCH3 is 1. The Morgan fingerprint density at radius 1 is 1.50 bits per heavy atom. The molecule has 0 saturated carbocycles. The Balaban J connectivity index is 2.21. The number of nitrogens with one attached hydrogen (secondary N) is 1. The van der Waals surface area contributed by atoms with Gasteiger partial charge >= 0.3 is 0 Å². The topological polar surface area (TPSA) is 64.4 Å². The van der Waals surface area contributed by atoms with Crippen LogP contribution in [0.4, 0.5) is 0 Å². The molecule has 0 radical (unpaired) electrons. The van der Waals surface area contributed by atoms with Crippen LogP contribution in [0.2, 0.25) is 0 Å². The summed E-state index contributed by atoms with van der Waals surface area (Å²) in [6.45, 7) is 3.69. The van der Waals surface area contributed by atoms with E-state index in [2.05, 4.69) is 16.4 Å². The number of benzene rings is 1. The zero-order chi connectivity index (χ0) is 16.2. The van der Waals surface area contributed by atoms with Gasteiger partial charge < -0.3 is 14.6 Å². The van der Waals surface area contributed by atoms with Crippen molar-refractivity contribution in [3.05, 3.63) is 36.0 Å². The lowest BCUT2D eigenvalue weighted by molar-refractivity contribution is 0.0914. The van der Waals surface area contributed by atoms with Crippen LogP contribution in [0.25, 0.3) is 11.3 Å². The fourth-order valence-corrected chi connectivity index (χ4v) is 1.84. The van der Waals surface area contributed by atoms with Crippen molar-refractivity contribution < 1.29 is 14.1 Å². The van der Waals surface area contributed by atoms with Crippen molar-refractivity contribution in [1.29, 1.82) is 0 Å². The lowest BCUT2D eigenvalue weighted by atomic mass is 10.00. The van der Waals surface area contributed by atoms with Crippen molar-refractivity contribution in [2.75, 3.05) is 7.11 Å². The van der Waals surface area contributed by atoms with Gasteiger partial charge in [0.1, 0.15) is 5.75 Å². The van der Waals surface area contributed by atoms with E-state index in [1.54, 1.807) is 26.2 Å². The average molecular weight is 298 g/mol. The molecule has 1 amide bonds. The lowest BCUT2D eigenvalue weighted by Gasteiger charge is -2.22. The molecule has 0 fully saturated rings. The molecule has 1 aromatic heterocycles.